The van der Waals surface area contributed by atoms with Crippen LogP contribution in [0.1, 0.15) is 0 Å². The monoisotopic (exact) mass is 276 g/mol. The standard InChI is InChI=1S/C10H16N2O3S2/c1-3-4-11-7-9(13)12-5-6-16-8-10(12)17(2,14)15/h1,10-11H,4-8H2,2H3. The molecule has 1 atom stereocenters. The van der Waals surface area contributed by atoms with Gasteiger partial charge in [0.2, 0.25) is 5.91 Å². The van der Waals surface area contributed by atoms with Crippen LogP contribution >= 0.6 is 11.8 Å². The van der Waals surface area contributed by atoms with Gasteiger partial charge in [0.25, 0.3) is 0 Å². The maximum Gasteiger partial charge on any atom is 0.237 e. The fourth-order valence-electron chi connectivity index (χ4n) is 1.56. The number of hydrogen-bond acceptors (Lipinski definition) is 5. The van der Waals surface area contributed by atoms with Gasteiger partial charge in [-0.3, -0.25) is 10.1 Å². The van der Waals surface area contributed by atoms with Crippen LogP contribution in [-0.4, -0.2) is 62.0 Å². The van der Waals surface area contributed by atoms with E-state index in [-0.39, 0.29) is 12.5 Å². The van der Waals surface area contributed by atoms with Gasteiger partial charge in [-0.2, -0.15) is 11.8 Å². The fourth-order valence-corrected chi connectivity index (χ4v) is 4.40. The van der Waals surface area contributed by atoms with Crippen molar-refractivity contribution in [1.29, 1.82) is 0 Å². The summed E-state index contributed by atoms with van der Waals surface area (Å²) < 4.78 is 23.1. The van der Waals surface area contributed by atoms with Crippen LogP contribution in [-0.2, 0) is 14.6 Å². The molecule has 1 fully saturated rings. The number of carbonyl (C=O) groups excluding carboxylic acids is 1. The Balaban J connectivity index is 2.66. The lowest BCUT2D eigenvalue weighted by molar-refractivity contribution is -0.130. The molecule has 1 amide bonds. The zero-order valence-corrected chi connectivity index (χ0v) is 11.3. The van der Waals surface area contributed by atoms with Crippen LogP contribution < -0.4 is 5.32 Å². The molecule has 0 saturated carbocycles. The molecule has 17 heavy (non-hydrogen) atoms. The average molecular weight is 276 g/mol. The molecule has 7 heteroatoms. The van der Waals surface area contributed by atoms with E-state index in [2.05, 4.69) is 11.2 Å². The minimum Gasteiger partial charge on any atom is -0.323 e. The number of terminal acetylenes is 1. The van der Waals surface area contributed by atoms with E-state index in [0.717, 1.165) is 5.75 Å². The predicted molar refractivity (Wildman–Crippen MR) is 69.4 cm³/mol. The summed E-state index contributed by atoms with van der Waals surface area (Å²) in [5.41, 5.74) is 0. The summed E-state index contributed by atoms with van der Waals surface area (Å²) in [6.45, 7) is 0.859. The van der Waals surface area contributed by atoms with Crippen molar-refractivity contribution >= 4 is 27.5 Å². The van der Waals surface area contributed by atoms with Crippen LogP contribution in [0.4, 0.5) is 0 Å². The second-order valence-corrected chi connectivity index (χ2v) is 7.11. The second-order valence-electron chi connectivity index (χ2n) is 3.75. The quantitative estimate of drug-likeness (QED) is 0.535. The molecule has 0 aromatic rings. The molecule has 0 aromatic heterocycles. The number of carbonyl (C=O) groups is 1. The summed E-state index contributed by atoms with van der Waals surface area (Å²) in [5.74, 6) is 3.37. The Bertz CT molecular complexity index is 414. The van der Waals surface area contributed by atoms with Crippen molar-refractivity contribution in [1.82, 2.24) is 10.2 Å². The summed E-state index contributed by atoms with van der Waals surface area (Å²) in [6.07, 6.45) is 6.22. The van der Waals surface area contributed by atoms with Gasteiger partial charge in [0, 0.05) is 24.3 Å². The molecular formula is C10H16N2O3S2. The Morgan fingerprint density at radius 3 is 2.94 bits per heavy atom. The summed E-state index contributed by atoms with van der Waals surface area (Å²) in [6, 6.07) is 0. The minimum atomic E-state index is -3.23. The maximum atomic E-state index is 11.9. The van der Waals surface area contributed by atoms with Gasteiger partial charge in [-0.15, -0.1) is 6.42 Å². The number of thioether (sulfide) groups is 1. The fraction of sp³-hybridized carbons (Fsp3) is 0.700. The Labute approximate surface area is 106 Å². The number of sulfone groups is 1. The molecule has 5 nitrogen and oxygen atoms in total. The highest BCUT2D eigenvalue weighted by molar-refractivity contribution is 8.00. The van der Waals surface area contributed by atoms with Crippen LogP contribution in [0.5, 0.6) is 0 Å². The Morgan fingerprint density at radius 1 is 1.65 bits per heavy atom. The number of nitrogens with zero attached hydrogens (tertiary/aromatic N) is 1. The van der Waals surface area contributed by atoms with E-state index in [1.165, 1.54) is 11.2 Å². The van der Waals surface area contributed by atoms with Crippen molar-refractivity contribution < 1.29 is 13.2 Å². The van der Waals surface area contributed by atoms with E-state index in [9.17, 15) is 13.2 Å². The van der Waals surface area contributed by atoms with Crippen LogP contribution in [0.2, 0.25) is 0 Å². The highest BCUT2D eigenvalue weighted by Crippen LogP contribution is 2.20. The van der Waals surface area contributed by atoms with E-state index in [4.69, 9.17) is 6.42 Å². The largest absolute Gasteiger partial charge is 0.323 e. The minimum absolute atomic E-state index is 0.0842. The molecule has 1 unspecified atom stereocenters. The third-order valence-corrected chi connectivity index (χ3v) is 5.05. The van der Waals surface area contributed by atoms with Gasteiger partial charge in [0.05, 0.1) is 13.1 Å². The molecule has 1 saturated heterocycles. The molecule has 1 rings (SSSR count). The van der Waals surface area contributed by atoms with E-state index in [0.29, 0.717) is 18.8 Å². The van der Waals surface area contributed by atoms with Crippen molar-refractivity contribution in [3.63, 3.8) is 0 Å². The van der Waals surface area contributed by atoms with E-state index >= 15 is 0 Å². The van der Waals surface area contributed by atoms with Gasteiger partial charge in [0.1, 0.15) is 5.37 Å². The van der Waals surface area contributed by atoms with Crippen LogP contribution in [0.25, 0.3) is 0 Å². The summed E-state index contributed by atoms with van der Waals surface area (Å²) in [4.78, 5) is 13.3. The lowest BCUT2D eigenvalue weighted by Gasteiger charge is -2.34. The number of hydrogen-bond donors (Lipinski definition) is 1. The van der Waals surface area contributed by atoms with E-state index in [1.807, 2.05) is 0 Å². The van der Waals surface area contributed by atoms with Gasteiger partial charge in [-0.1, -0.05) is 5.92 Å². The number of nitrogens with one attached hydrogen (secondary N) is 1. The van der Waals surface area contributed by atoms with Gasteiger partial charge in [-0.25, -0.2) is 8.42 Å². The zero-order chi connectivity index (χ0) is 12.9. The lowest BCUT2D eigenvalue weighted by Crippen LogP contribution is -2.52. The van der Waals surface area contributed by atoms with Gasteiger partial charge < -0.3 is 4.90 Å². The third-order valence-electron chi connectivity index (χ3n) is 2.40. The van der Waals surface area contributed by atoms with Crippen molar-refractivity contribution in [2.45, 2.75) is 5.37 Å². The topological polar surface area (TPSA) is 66.5 Å². The van der Waals surface area contributed by atoms with Crippen LogP contribution in [0.3, 0.4) is 0 Å². The van der Waals surface area contributed by atoms with E-state index < -0.39 is 15.2 Å². The van der Waals surface area contributed by atoms with Gasteiger partial charge in [0.15, 0.2) is 9.84 Å². The molecule has 1 aliphatic rings. The van der Waals surface area contributed by atoms with Crippen molar-refractivity contribution in [3.05, 3.63) is 0 Å². The molecule has 1 aliphatic heterocycles. The molecule has 96 valence electrons. The molecular weight excluding hydrogens is 260 g/mol. The van der Waals surface area contributed by atoms with Crippen LogP contribution in [0.15, 0.2) is 0 Å². The summed E-state index contributed by atoms with van der Waals surface area (Å²) in [5, 5.41) is 2.07. The summed E-state index contributed by atoms with van der Waals surface area (Å²) in [7, 11) is -3.23. The van der Waals surface area contributed by atoms with Crippen molar-refractivity contribution in [2.24, 2.45) is 0 Å². The Morgan fingerprint density at radius 2 is 2.35 bits per heavy atom. The van der Waals surface area contributed by atoms with Crippen LogP contribution in [0, 0.1) is 12.3 Å². The molecule has 1 heterocycles. The third kappa shape index (κ3) is 4.22. The highest BCUT2D eigenvalue weighted by atomic mass is 32.2. The lowest BCUT2D eigenvalue weighted by atomic mass is 10.4. The van der Waals surface area contributed by atoms with Gasteiger partial charge >= 0.3 is 0 Å². The normalized spacial score (nSPS) is 20.9. The van der Waals surface area contributed by atoms with E-state index in [1.54, 1.807) is 11.8 Å². The first kappa shape index (κ1) is 14.4. The first-order chi connectivity index (χ1) is 7.96. The van der Waals surface area contributed by atoms with Gasteiger partial charge in [-0.05, 0) is 0 Å². The maximum absolute atomic E-state index is 11.9. The Hall–Kier alpha value is -0.710. The first-order valence-electron chi connectivity index (χ1n) is 5.17. The first-order valence-corrected chi connectivity index (χ1v) is 8.28. The highest BCUT2D eigenvalue weighted by Gasteiger charge is 2.33. The molecule has 1 N–H and O–H groups in total. The molecule has 0 aliphatic carbocycles. The molecule has 0 aromatic carbocycles. The number of rotatable bonds is 4. The molecule has 0 bridgehead atoms. The Kier molecular flexibility index (Phi) is 5.31. The molecule has 0 spiro atoms. The van der Waals surface area contributed by atoms with Crippen molar-refractivity contribution in [3.8, 4) is 12.3 Å². The summed E-state index contributed by atoms with van der Waals surface area (Å²) >= 11 is 1.55. The number of amides is 1. The average Bonchev–Trinajstić information content (AvgIpc) is 2.28. The molecule has 0 radical (unpaired) electrons. The predicted octanol–water partition coefficient (Wildman–Crippen LogP) is -0.845. The SMILES string of the molecule is C#CCNCC(=O)N1CCSCC1S(C)(=O)=O. The van der Waals surface area contributed by atoms with Crippen molar-refractivity contribution in [2.75, 3.05) is 37.4 Å². The zero-order valence-electron chi connectivity index (χ0n) is 9.68. The smallest absolute Gasteiger partial charge is 0.237 e. The second kappa shape index (κ2) is 6.28.